The molecule has 0 bridgehead atoms. The Labute approximate surface area is 109 Å². The first-order valence-electron chi connectivity index (χ1n) is 5.50. The molecule has 0 aromatic heterocycles. The molecule has 0 saturated carbocycles. The average Bonchev–Trinajstić information content (AvgIpc) is 2.76. The molecule has 1 heterocycles. The summed E-state index contributed by atoms with van der Waals surface area (Å²) >= 11 is 3.37. The van der Waals surface area contributed by atoms with Crippen LogP contribution in [0.3, 0.4) is 0 Å². The monoisotopic (exact) mass is 278 g/mol. The van der Waals surface area contributed by atoms with Crippen molar-refractivity contribution in [1.29, 1.82) is 0 Å². The smallest absolute Gasteiger partial charge is 0.326 e. The van der Waals surface area contributed by atoms with E-state index >= 15 is 0 Å². The van der Waals surface area contributed by atoms with Crippen molar-refractivity contribution in [3.8, 4) is 0 Å². The number of amides is 2. The van der Waals surface area contributed by atoms with E-state index in [0.717, 1.165) is 23.7 Å². The first-order valence-corrected chi connectivity index (χ1v) is 8.05. The quantitative estimate of drug-likeness (QED) is 0.675. The Bertz CT molecular complexity index is 270. The maximum Gasteiger partial charge on any atom is 0.326 e. The highest BCUT2D eigenvalue weighted by atomic mass is 32.2. The molecule has 7 heteroatoms. The van der Waals surface area contributed by atoms with Gasteiger partial charge in [0.25, 0.3) is 0 Å². The Morgan fingerprint density at radius 2 is 2.35 bits per heavy atom. The predicted molar refractivity (Wildman–Crippen MR) is 71.8 cm³/mol. The molecule has 5 nitrogen and oxygen atoms in total. The Balaban J connectivity index is 2.32. The average molecular weight is 278 g/mol. The van der Waals surface area contributed by atoms with Crippen LogP contribution in [0.2, 0.25) is 0 Å². The van der Waals surface area contributed by atoms with Gasteiger partial charge < -0.3 is 15.7 Å². The topological polar surface area (TPSA) is 78.4 Å². The fourth-order valence-corrected chi connectivity index (χ4v) is 3.15. The van der Waals surface area contributed by atoms with Crippen LogP contribution in [0.5, 0.6) is 0 Å². The van der Waals surface area contributed by atoms with Crippen LogP contribution < -0.4 is 10.6 Å². The number of aliphatic carboxylic acids is 1. The molecule has 2 atom stereocenters. The largest absolute Gasteiger partial charge is 0.480 e. The van der Waals surface area contributed by atoms with Gasteiger partial charge in [-0.3, -0.25) is 0 Å². The molecule has 0 radical (unpaired) electrons. The molecule has 17 heavy (non-hydrogen) atoms. The van der Waals surface area contributed by atoms with E-state index in [2.05, 4.69) is 10.6 Å². The van der Waals surface area contributed by atoms with E-state index in [1.165, 1.54) is 0 Å². The molecule has 1 aliphatic heterocycles. The zero-order valence-electron chi connectivity index (χ0n) is 9.77. The van der Waals surface area contributed by atoms with Gasteiger partial charge in [0.15, 0.2) is 0 Å². The summed E-state index contributed by atoms with van der Waals surface area (Å²) in [5, 5.41) is 14.3. The molecule has 3 N–H and O–H groups in total. The number of nitrogens with one attached hydrogen (secondary N) is 2. The molecule has 2 amide bonds. The van der Waals surface area contributed by atoms with Gasteiger partial charge in [-0.2, -0.15) is 23.5 Å². The summed E-state index contributed by atoms with van der Waals surface area (Å²) < 4.78 is 0. The van der Waals surface area contributed by atoms with Crippen molar-refractivity contribution in [1.82, 2.24) is 10.6 Å². The van der Waals surface area contributed by atoms with Gasteiger partial charge in [-0.05, 0) is 30.6 Å². The number of carboxylic acid groups (broad SMARTS) is 1. The van der Waals surface area contributed by atoms with Crippen LogP contribution in [0.1, 0.15) is 12.8 Å². The van der Waals surface area contributed by atoms with Crippen LogP contribution in [-0.4, -0.2) is 52.7 Å². The summed E-state index contributed by atoms with van der Waals surface area (Å²) in [6, 6.07) is -0.988. The van der Waals surface area contributed by atoms with E-state index in [0.29, 0.717) is 6.42 Å². The molecular weight excluding hydrogens is 260 g/mol. The number of carboxylic acids is 1. The molecule has 98 valence electrons. The SMILES string of the molecule is CSCCC(NC(=O)NC1CCSC1)C(=O)O. The van der Waals surface area contributed by atoms with Gasteiger partial charge in [-0.25, -0.2) is 9.59 Å². The molecule has 0 aliphatic carbocycles. The van der Waals surface area contributed by atoms with Crippen molar-refractivity contribution in [3.05, 3.63) is 0 Å². The second-order valence-electron chi connectivity index (χ2n) is 3.85. The minimum atomic E-state index is -0.977. The summed E-state index contributed by atoms with van der Waals surface area (Å²) in [5.74, 6) is 1.71. The predicted octanol–water partition coefficient (Wildman–Crippen LogP) is 0.997. The van der Waals surface area contributed by atoms with Crippen LogP contribution in [0, 0.1) is 0 Å². The number of hydrogen-bond donors (Lipinski definition) is 3. The second kappa shape index (κ2) is 7.71. The van der Waals surface area contributed by atoms with E-state index in [1.807, 2.05) is 6.26 Å². The van der Waals surface area contributed by atoms with Gasteiger partial charge in [-0.1, -0.05) is 0 Å². The zero-order valence-corrected chi connectivity index (χ0v) is 11.4. The Kier molecular flexibility index (Phi) is 6.57. The highest BCUT2D eigenvalue weighted by molar-refractivity contribution is 7.99. The van der Waals surface area contributed by atoms with Crippen LogP contribution in [-0.2, 0) is 4.79 Å². The molecule has 0 aromatic carbocycles. The third kappa shape index (κ3) is 5.54. The summed E-state index contributed by atoms with van der Waals surface area (Å²) in [6.07, 6.45) is 3.32. The fraction of sp³-hybridized carbons (Fsp3) is 0.800. The molecule has 1 fully saturated rings. The van der Waals surface area contributed by atoms with Crippen molar-refractivity contribution < 1.29 is 14.7 Å². The normalized spacial score (nSPS) is 20.9. The third-order valence-corrected chi connectivity index (χ3v) is 4.29. The minimum Gasteiger partial charge on any atom is -0.480 e. The molecule has 2 unspecified atom stereocenters. The van der Waals surface area contributed by atoms with Crippen molar-refractivity contribution in [2.75, 3.05) is 23.5 Å². The third-order valence-electron chi connectivity index (χ3n) is 2.48. The summed E-state index contributed by atoms with van der Waals surface area (Å²) in [7, 11) is 0. The molecule has 1 aliphatic rings. The van der Waals surface area contributed by atoms with Crippen LogP contribution in [0.25, 0.3) is 0 Å². The first kappa shape index (κ1) is 14.5. The Morgan fingerprint density at radius 3 is 2.88 bits per heavy atom. The van der Waals surface area contributed by atoms with Crippen LogP contribution in [0.15, 0.2) is 0 Å². The molecule has 1 saturated heterocycles. The van der Waals surface area contributed by atoms with Gasteiger partial charge in [-0.15, -0.1) is 0 Å². The van der Waals surface area contributed by atoms with Gasteiger partial charge in [0.2, 0.25) is 0 Å². The van der Waals surface area contributed by atoms with Gasteiger partial charge in [0.1, 0.15) is 6.04 Å². The Morgan fingerprint density at radius 1 is 1.59 bits per heavy atom. The van der Waals surface area contributed by atoms with Crippen molar-refractivity contribution in [2.45, 2.75) is 24.9 Å². The van der Waals surface area contributed by atoms with E-state index in [-0.39, 0.29) is 12.1 Å². The lowest BCUT2D eigenvalue weighted by Crippen LogP contribution is -2.49. The number of carbonyl (C=O) groups is 2. The summed E-state index contributed by atoms with van der Waals surface area (Å²) in [5.41, 5.74) is 0. The molecule has 0 spiro atoms. The van der Waals surface area contributed by atoms with E-state index in [9.17, 15) is 9.59 Å². The molecular formula is C10H18N2O3S2. The zero-order chi connectivity index (χ0) is 12.7. The fourth-order valence-electron chi connectivity index (χ4n) is 1.53. The van der Waals surface area contributed by atoms with E-state index in [4.69, 9.17) is 5.11 Å². The van der Waals surface area contributed by atoms with Gasteiger partial charge >= 0.3 is 12.0 Å². The van der Waals surface area contributed by atoms with Crippen LogP contribution >= 0.6 is 23.5 Å². The maximum absolute atomic E-state index is 11.6. The van der Waals surface area contributed by atoms with Gasteiger partial charge in [0.05, 0.1) is 0 Å². The number of thioether (sulfide) groups is 2. The summed E-state index contributed by atoms with van der Waals surface area (Å²) in [6.45, 7) is 0. The highest BCUT2D eigenvalue weighted by Gasteiger charge is 2.22. The number of hydrogen-bond acceptors (Lipinski definition) is 4. The number of rotatable bonds is 6. The molecule has 1 rings (SSSR count). The lowest BCUT2D eigenvalue weighted by atomic mass is 10.2. The van der Waals surface area contributed by atoms with Crippen molar-refractivity contribution in [3.63, 3.8) is 0 Å². The Hall–Kier alpha value is -0.560. The first-order chi connectivity index (χ1) is 8.13. The number of urea groups is 1. The highest BCUT2D eigenvalue weighted by Crippen LogP contribution is 2.16. The van der Waals surface area contributed by atoms with Crippen molar-refractivity contribution >= 4 is 35.5 Å². The molecule has 0 aromatic rings. The van der Waals surface area contributed by atoms with Gasteiger partial charge in [0, 0.05) is 11.8 Å². The van der Waals surface area contributed by atoms with Crippen LogP contribution in [0.4, 0.5) is 4.79 Å². The lowest BCUT2D eigenvalue weighted by molar-refractivity contribution is -0.139. The van der Waals surface area contributed by atoms with E-state index in [1.54, 1.807) is 23.5 Å². The lowest BCUT2D eigenvalue weighted by Gasteiger charge is -2.17. The second-order valence-corrected chi connectivity index (χ2v) is 5.99. The van der Waals surface area contributed by atoms with Crippen molar-refractivity contribution in [2.24, 2.45) is 0 Å². The van der Waals surface area contributed by atoms with E-state index < -0.39 is 12.0 Å². The standard InChI is InChI=1S/C10H18N2O3S2/c1-16-4-3-8(9(13)14)12-10(15)11-7-2-5-17-6-7/h7-8H,2-6H2,1H3,(H,13,14)(H2,11,12,15). The number of carbonyl (C=O) groups excluding carboxylic acids is 1. The maximum atomic E-state index is 11.6. The minimum absolute atomic E-state index is 0.176. The summed E-state index contributed by atoms with van der Waals surface area (Å²) in [4.78, 5) is 22.5.